The van der Waals surface area contributed by atoms with Crippen LogP contribution in [0.5, 0.6) is 11.5 Å². The smallest absolute Gasteiger partial charge is 0.303 e. The zero-order valence-electron chi connectivity index (χ0n) is 12.3. The van der Waals surface area contributed by atoms with E-state index in [9.17, 15) is 4.79 Å². The van der Waals surface area contributed by atoms with Crippen LogP contribution in [0.2, 0.25) is 0 Å². The van der Waals surface area contributed by atoms with E-state index in [0.29, 0.717) is 16.9 Å². The minimum absolute atomic E-state index is 0.123. The molecule has 0 fully saturated rings. The minimum Gasteiger partial charge on any atom is -0.481 e. The molecule has 2 aromatic rings. The third-order valence-electron chi connectivity index (χ3n) is 3.49. The van der Waals surface area contributed by atoms with E-state index in [1.54, 1.807) is 0 Å². The third-order valence-corrected chi connectivity index (χ3v) is 4.93. The van der Waals surface area contributed by atoms with Crippen LogP contribution in [0.3, 0.4) is 0 Å². The average molecular weight is 349 g/mol. The molecular weight excluding hydrogens is 334 g/mol. The van der Waals surface area contributed by atoms with Crippen molar-refractivity contribution in [2.24, 2.45) is 0 Å². The van der Waals surface area contributed by atoms with Crippen molar-refractivity contribution in [1.29, 1.82) is 0 Å². The van der Waals surface area contributed by atoms with Crippen LogP contribution in [0.4, 0.5) is 0 Å². The molecule has 0 radical (unpaired) electrons. The molecule has 1 aliphatic rings. The summed E-state index contributed by atoms with van der Waals surface area (Å²) in [6.45, 7) is 4.89. The van der Waals surface area contributed by atoms with E-state index in [2.05, 4.69) is 6.58 Å². The van der Waals surface area contributed by atoms with Crippen LogP contribution in [0, 0.1) is 3.95 Å². The second-order valence-corrected chi connectivity index (χ2v) is 6.76. The highest BCUT2D eigenvalue weighted by Crippen LogP contribution is 2.32. The lowest BCUT2D eigenvalue weighted by molar-refractivity contribution is -0.137. The van der Waals surface area contributed by atoms with E-state index < -0.39 is 5.97 Å². The topological polar surface area (TPSA) is 60.7 Å². The molecule has 120 valence electrons. The number of aromatic nitrogens is 1. The summed E-state index contributed by atoms with van der Waals surface area (Å²) in [5.74, 6) is 0.675. The van der Waals surface area contributed by atoms with Gasteiger partial charge in [-0.05, 0) is 42.4 Å². The number of carboxylic acid groups (broad SMARTS) is 1. The van der Waals surface area contributed by atoms with E-state index in [0.717, 1.165) is 26.9 Å². The van der Waals surface area contributed by atoms with E-state index in [1.807, 2.05) is 28.8 Å². The first kappa shape index (κ1) is 15.8. The fraction of sp³-hybridized carbons (Fsp3) is 0.250. The number of fused-ring (bicyclic) bond motifs is 1. The predicted molar refractivity (Wildman–Crippen MR) is 90.9 cm³/mol. The highest BCUT2D eigenvalue weighted by Gasteiger charge is 2.12. The first-order chi connectivity index (χ1) is 11.0. The molecule has 1 aliphatic heterocycles. The van der Waals surface area contributed by atoms with E-state index in [-0.39, 0.29) is 13.2 Å². The largest absolute Gasteiger partial charge is 0.481 e. The summed E-state index contributed by atoms with van der Waals surface area (Å²) in [6, 6.07) is 5.74. The third kappa shape index (κ3) is 3.46. The molecule has 1 N–H and O–H groups in total. The maximum Gasteiger partial charge on any atom is 0.303 e. The molecule has 0 unspecified atom stereocenters. The Morgan fingerprint density at radius 3 is 3.00 bits per heavy atom. The van der Waals surface area contributed by atoms with E-state index in [1.165, 1.54) is 11.3 Å². The first-order valence-corrected chi connectivity index (χ1v) is 8.29. The van der Waals surface area contributed by atoms with Crippen molar-refractivity contribution in [3.05, 3.63) is 37.6 Å². The Bertz CT molecular complexity index is 913. The van der Waals surface area contributed by atoms with Crippen LogP contribution in [0.15, 0.2) is 18.2 Å². The number of carbonyl (C=O) groups is 1. The Labute approximate surface area is 141 Å². The normalized spacial score (nSPS) is 13.5. The van der Waals surface area contributed by atoms with Gasteiger partial charge in [0.05, 0.1) is 9.88 Å². The van der Waals surface area contributed by atoms with Crippen LogP contribution in [-0.2, 0) is 11.3 Å². The Balaban J connectivity index is 1.90. The summed E-state index contributed by atoms with van der Waals surface area (Å²) >= 11 is 6.83. The van der Waals surface area contributed by atoms with Crippen molar-refractivity contribution in [3.8, 4) is 11.5 Å². The zero-order valence-corrected chi connectivity index (χ0v) is 13.9. The fourth-order valence-corrected chi connectivity index (χ4v) is 3.73. The quantitative estimate of drug-likeness (QED) is 0.838. The molecule has 0 saturated carbocycles. The lowest BCUT2D eigenvalue weighted by Crippen LogP contribution is -2.27. The predicted octanol–water partition coefficient (Wildman–Crippen LogP) is 2.11. The Kier molecular flexibility index (Phi) is 4.49. The Hall–Kier alpha value is -2.12. The van der Waals surface area contributed by atoms with Gasteiger partial charge in [-0.25, -0.2) is 0 Å². The molecule has 7 heteroatoms. The molecule has 0 aliphatic carbocycles. The molecule has 23 heavy (non-hydrogen) atoms. The number of rotatable bonds is 5. The van der Waals surface area contributed by atoms with Gasteiger partial charge in [0.15, 0.2) is 15.5 Å². The molecule has 1 aromatic carbocycles. The van der Waals surface area contributed by atoms with E-state index in [4.69, 9.17) is 26.8 Å². The lowest BCUT2D eigenvalue weighted by atomic mass is 10.2. The van der Waals surface area contributed by atoms with Crippen molar-refractivity contribution < 1.29 is 19.4 Å². The number of carboxylic acids is 1. The molecule has 5 nitrogen and oxygen atoms in total. The SMILES string of the molecule is C=c1/c(=C/c2ccc3c(c2)OCO3)sc(=S)n1CCCC(=O)O. The lowest BCUT2D eigenvalue weighted by Gasteiger charge is -2.00. The van der Waals surface area contributed by atoms with Crippen molar-refractivity contribution in [1.82, 2.24) is 4.57 Å². The second kappa shape index (κ2) is 6.55. The van der Waals surface area contributed by atoms with Crippen LogP contribution in [0.25, 0.3) is 12.7 Å². The Morgan fingerprint density at radius 2 is 2.22 bits per heavy atom. The molecule has 1 aromatic heterocycles. The van der Waals surface area contributed by atoms with Crippen LogP contribution in [0.1, 0.15) is 18.4 Å². The number of hydrogen-bond donors (Lipinski definition) is 1. The van der Waals surface area contributed by atoms with Gasteiger partial charge in [0.2, 0.25) is 6.79 Å². The summed E-state index contributed by atoms with van der Waals surface area (Å²) in [5, 5.41) is 9.54. The molecule has 0 saturated heterocycles. The van der Waals surface area contributed by atoms with Gasteiger partial charge in [-0.1, -0.05) is 12.6 Å². The highest BCUT2D eigenvalue weighted by atomic mass is 32.1. The average Bonchev–Trinajstić information content (AvgIpc) is 3.06. The van der Waals surface area contributed by atoms with Gasteiger partial charge < -0.3 is 19.1 Å². The number of ether oxygens (including phenoxy) is 2. The van der Waals surface area contributed by atoms with Gasteiger partial charge in [-0.15, -0.1) is 11.3 Å². The molecule has 0 spiro atoms. The van der Waals surface area contributed by atoms with Gasteiger partial charge in [-0.2, -0.15) is 0 Å². The fourth-order valence-electron chi connectivity index (χ4n) is 2.33. The van der Waals surface area contributed by atoms with Gasteiger partial charge in [0.1, 0.15) is 0 Å². The molecular formula is C16H15NO4S2. The summed E-state index contributed by atoms with van der Waals surface area (Å²) in [6.07, 6.45) is 2.66. The number of hydrogen-bond acceptors (Lipinski definition) is 5. The second-order valence-electron chi connectivity index (χ2n) is 5.08. The van der Waals surface area contributed by atoms with Crippen LogP contribution in [-0.4, -0.2) is 22.4 Å². The van der Waals surface area contributed by atoms with Crippen LogP contribution < -0.4 is 19.4 Å². The molecule has 0 bridgehead atoms. The Morgan fingerprint density at radius 1 is 1.43 bits per heavy atom. The van der Waals surface area contributed by atoms with Crippen LogP contribution >= 0.6 is 23.6 Å². The summed E-state index contributed by atoms with van der Waals surface area (Å²) in [5.41, 5.74) is 0.980. The highest BCUT2D eigenvalue weighted by molar-refractivity contribution is 7.73. The minimum atomic E-state index is -0.801. The first-order valence-electron chi connectivity index (χ1n) is 7.06. The summed E-state index contributed by atoms with van der Waals surface area (Å²) in [4.78, 5) is 10.6. The summed E-state index contributed by atoms with van der Waals surface area (Å²) < 4.78 is 14.2. The van der Waals surface area contributed by atoms with Gasteiger partial charge in [-0.3, -0.25) is 4.79 Å². The molecule has 2 heterocycles. The van der Waals surface area contributed by atoms with E-state index >= 15 is 0 Å². The van der Waals surface area contributed by atoms with Crippen molar-refractivity contribution in [2.45, 2.75) is 19.4 Å². The number of thiazole rings is 1. The number of benzene rings is 1. The van der Waals surface area contributed by atoms with Crippen molar-refractivity contribution >= 4 is 42.2 Å². The molecule has 0 atom stereocenters. The van der Waals surface area contributed by atoms with Gasteiger partial charge in [0, 0.05) is 13.0 Å². The van der Waals surface area contributed by atoms with Gasteiger partial charge in [0.25, 0.3) is 0 Å². The monoisotopic (exact) mass is 349 g/mol. The number of nitrogens with zero attached hydrogens (tertiary/aromatic N) is 1. The number of aliphatic carboxylic acids is 1. The molecule has 3 rings (SSSR count). The summed E-state index contributed by atoms with van der Waals surface area (Å²) in [7, 11) is 0. The van der Waals surface area contributed by atoms with Crippen molar-refractivity contribution in [3.63, 3.8) is 0 Å². The zero-order chi connectivity index (χ0) is 16.4. The van der Waals surface area contributed by atoms with Gasteiger partial charge >= 0.3 is 5.97 Å². The van der Waals surface area contributed by atoms with Crippen molar-refractivity contribution in [2.75, 3.05) is 6.79 Å². The maximum absolute atomic E-state index is 10.6. The standard InChI is InChI=1S/C16H15NO4S2/c1-10-14(23-16(22)17(10)6-2-3-15(18)19)8-11-4-5-12-13(7-11)21-9-20-12/h4-5,7-8H,1-3,6,9H2,(H,18,19)/b14-8-. The maximum atomic E-state index is 10.6. The molecule has 0 amide bonds.